The molecule has 6 nitrogen and oxygen atoms in total. The number of alkyl halides is 2. The molecule has 2 aromatic carbocycles. The van der Waals surface area contributed by atoms with Crippen molar-refractivity contribution in [2.45, 2.75) is 94.3 Å². The summed E-state index contributed by atoms with van der Waals surface area (Å²) in [7, 11) is 0. The van der Waals surface area contributed by atoms with Crippen LogP contribution in [0.5, 0.6) is 0 Å². The molecule has 3 fully saturated rings. The predicted octanol–water partition coefficient (Wildman–Crippen LogP) is 5.23. The van der Waals surface area contributed by atoms with Gasteiger partial charge in [0.15, 0.2) is 0 Å². The van der Waals surface area contributed by atoms with Crippen LogP contribution in [0.4, 0.5) is 8.78 Å². The van der Waals surface area contributed by atoms with E-state index in [0.717, 1.165) is 42.4 Å². The fourth-order valence-corrected chi connectivity index (χ4v) is 5.72. The fraction of sp³-hybridized carbons (Fsp3) is 0.516. The number of benzene rings is 2. The van der Waals surface area contributed by atoms with Gasteiger partial charge in [0.2, 0.25) is 11.8 Å². The number of hydrogen-bond acceptors (Lipinski definition) is 4. The average Bonchev–Trinajstić information content (AvgIpc) is 3.77. The summed E-state index contributed by atoms with van der Waals surface area (Å²) in [6.45, 7) is 3.81. The molecule has 0 aromatic heterocycles. The van der Waals surface area contributed by atoms with Crippen LogP contribution in [0.15, 0.2) is 48.5 Å². The smallest absolute Gasteiger partial charge is 0.258 e. The second kappa shape index (κ2) is 10.3. The van der Waals surface area contributed by atoms with E-state index in [4.69, 9.17) is 5.73 Å². The van der Waals surface area contributed by atoms with Gasteiger partial charge >= 0.3 is 0 Å². The van der Waals surface area contributed by atoms with Crippen molar-refractivity contribution >= 4 is 11.8 Å². The van der Waals surface area contributed by atoms with Crippen molar-refractivity contribution in [1.82, 2.24) is 10.2 Å². The highest BCUT2D eigenvalue weighted by Crippen LogP contribution is 2.50. The van der Waals surface area contributed by atoms with Gasteiger partial charge in [0.1, 0.15) is 5.54 Å². The van der Waals surface area contributed by atoms with E-state index in [1.54, 1.807) is 24.3 Å². The first-order chi connectivity index (χ1) is 18.6. The molecule has 2 amide bonds. The Kier molecular flexibility index (Phi) is 7.23. The Bertz CT molecular complexity index is 1260. The van der Waals surface area contributed by atoms with Gasteiger partial charge in [0, 0.05) is 6.04 Å². The summed E-state index contributed by atoms with van der Waals surface area (Å²) in [4.78, 5) is 26.6. The topological polar surface area (TPSA) is 99.2 Å². The Morgan fingerprint density at radius 1 is 1.03 bits per heavy atom. The predicted molar refractivity (Wildman–Crippen MR) is 145 cm³/mol. The second-order valence-electron chi connectivity index (χ2n) is 11.9. The van der Waals surface area contributed by atoms with Gasteiger partial charge in [-0.15, -0.1) is 0 Å². The zero-order valence-electron chi connectivity index (χ0n) is 22.5. The molecule has 0 aliphatic heterocycles. The van der Waals surface area contributed by atoms with E-state index in [-0.39, 0.29) is 11.8 Å². The van der Waals surface area contributed by atoms with Crippen molar-refractivity contribution in [2.75, 3.05) is 0 Å². The molecule has 3 saturated carbocycles. The number of carbonyl (C=O) groups is 2. The molecule has 206 valence electrons. The molecule has 0 heterocycles. The Morgan fingerprint density at radius 2 is 1.59 bits per heavy atom. The molecule has 0 bridgehead atoms. The molecule has 8 heteroatoms. The Balaban J connectivity index is 1.39. The fourth-order valence-electron chi connectivity index (χ4n) is 5.72. The third kappa shape index (κ3) is 5.42. The van der Waals surface area contributed by atoms with Crippen LogP contribution < -0.4 is 11.1 Å². The molecule has 3 aliphatic rings. The lowest BCUT2D eigenvalue weighted by atomic mass is 9.91. The summed E-state index contributed by atoms with van der Waals surface area (Å²) in [5, 5.41) is 13.0. The molecule has 2 atom stereocenters. The molecule has 5 rings (SSSR count). The number of hydrogen-bond donors (Lipinski definition) is 2. The van der Waals surface area contributed by atoms with E-state index >= 15 is 0 Å². The van der Waals surface area contributed by atoms with Crippen molar-refractivity contribution < 1.29 is 18.4 Å². The van der Waals surface area contributed by atoms with Crippen molar-refractivity contribution in [3.8, 4) is 17.2 Å². The van der Waals surface area contributed by atoms with Gasteiger partial charge in [-0.2, -0.15) is 5.26 Å². The lowest BCUT2D eigenvalue weighted by Gasteiger charge is -2.40. The molecular weight excluding hydrogens is 498 g/mol. The lowest BCUT2D eigenvalue weighted by Crippen LogP contribution is -2.54. The van der Waals surface area contributed by atoms with Gasteiger partial charge in [0.25, 0.3) is 6.43 Å². The van der Waals surface area contributed by atoms with E-state index in [0.29, 0.717) is 30.9 Å². The molecular formula is C31H36F2N4O2. The van der Waals surface area contributed by atoms with Crippen LogP contribution in [0.2, 0.25) is 0 Å². The highest BCUT2D eigenvalue weighted by Gasteiger charge is 2.57. The SMILES string of the molecule is CC(C)C[C@@H](C(N)=O)N([C@@H](c1ccc(-c2ccc(C3(C(=O)NC4CC4)CC3)cc2)cc1)C(F)F)C1(C#N)CC1. The van der Waals surface area contributed by atoms with E-state index in [1.165, 1.54) is 4.90 Å². The number of nitrogens with zero attached hydrogens (tertiary/aromatic N) is 2. The van der Waals surface area contributed by atoms with Crippen LogP contribution >= 0.6 is 0 Å². The standard InChI is InChI=1S/C31H36F2N4O2/c1-19(2)17-25(28(35)38)37(30(18-34)13-14-30)26(27(32)33)22-5-3-20(4-6-22)21-7-9-23(10-8-21)31(15-16-31)29(39)36-24-11-12-24/h3-10,19,24-27H,11-17H2,1-2H3,(H2,35,38)(H,36,39)/t25-,26-/m0/s1. The van der Waals surface area contributed by atoms with Gasteiger partial charge in [0.05, 0.1) is 23.6 Å². The number of nitriles is 1. The highest BCUT2D eigenvalue weighted by molar-refractivity contribution is 5.91. The molecule has 3 N–H and O–H groups in total. The number of rotatable bonds is 12. The van der Waals surface area contributed by atoms with Gasteiger partial charge in [-0.1, -0.05) is 62.4 Å². The normalized spacial score (nSPS) is 20.4. The Labute approximate surface area is 228 Å². The first-order valence-electron chi connectivity index (χ1n) is 13.9. The zero-order chi connectivity index (χ0) is 27.9. The maximum absolute atomic E-state index is 14.7. The number of halogens is 2. The molecule has 0 unspecified atom stereocenters. The Morgan fingerprint density at radius 3 is 2.00 bits per heavy atom. The van der Waals surface area contributed by atoms with Crippen LogP contribution in [0.25, 0.3) is 11.1 Å². The first kappa shape index (κ1) is 27.3. The van der Waals surface area contributed by atoms with Gasteiger partial charge in [-0.05, 0) is 73.1 Å². The minimum atomic E-state index is -2.81. The van der Waals surface area contributed by atoms with Crippen LogP contribution in [0.3, 0.4) is 0 Å². The van der Waals surface area contributed by atoms with E-state index < -0.39 is 35.4 Å². The van der Waals surface area contributed by atoms with Crippen LogP contribution in [0.1, 0.15) is 76.0 Å². The number of primary amides is 1. The summed E-state index contributed by atoms with van der Waals surface area (Å²) in [5.74, 6) is -0.535. The second-order valence-corrected chi connectivity index (χ2v) is 11.9. The Hall–Kier alpha value is -3.31. The summed E-state index contributed by atoms with van der Waals surface area (Å²) in [6, 6.07) is 14.9. The molecule has 0 saturated heterocycles. The minimum absolute atomic E-state index is 0.0396. The number of carbonyl (C=O) groups excluding carboxylic acids is 2. The maximum atomic E-state index is 14.7. The maximum Gasteiger partial charge on any atom is 0.258 e. The van der Waals surface area contributed by atoms with Crippen molar-refractivity contribution in [1.29, 1.82) is 5.26 Å². The summed E-state index contributed by atoms with van der Waals surface area (Å²) < 4.78 is 29.4. The summed E-state index contributed by atoms with van der Waals surface area (Å²) in [6.07, 6.45) is 2.15. The van der Waals surface area contributed by atoms with E-state index in [1.807, 2.05) is 38.1 Å². The molecule has 3 aliphatic carbocycles. The average molecular weight is 535 g/mol. The zero-order valence-corrected chi connectivity index (χ0v) is 22.5. The third-order valence-electron chi connectivity index (χ3n) is 8.44. The third-order valence-corrected chi connectivity index (χ3v) is 8.44. The van der Waals surface area contributed by atoms with Crippen LogP contribution in [0, 0.1) is 17.2 Å². The molecule has 0 spiro atoms. The largest absolute Gasteiger partial charge is 0.368 e. The quantitative estimate of drug-likeness (QED) is 0.390. The molecule has 2 aromatic rings. The lowest BCUT2D eigenvalue weighted by molar-refractivity contribution is -0.128. The number of nitrogens with one attached hydrogen (secondary N) is 1. The van der Waals surface area contributed by atoms with Crippen molar-refractivity contribution in [3.05, 3.63) is 59.7 Å². The monoisotopic (exact) mass is 534 g/mol. The van der Waals surface area contributed by atoms with Gasteiger partial charge in [-0.3, -0.25) is 14.5 Å². The van der Waals surface area contributed by atoms with Crippen LogP contribution in [-0.2, 0) is 15.0 Å². The van der Waals surface area contributed by atoms with Crippen molar-refractivity contribution in [3.63, 3.8) is 0 Å². The van der Waals surface area contributed by atoms with Crippen molar-refractivity contribution in [2.24, 2.45) is 11.7 Å². The summed E-state index contributed by atoms with van der Waals surface area (Å²) >= 11 is 0. The minimum Gasteiger partial charge on any atom is -0.368 e. The van der Waals surface area contributed by atoms with Crippen LogP contribution in [-0.4, -0.2) is 40.8 Å². The van der Waals surface area contributed by atoms with Gasteiger partial charge < -0.3 is 11.1 Å². The summed E-state index contributed by atoms with van der Waals surface area (Å²) in [5.41, 5.74) is 7.29. The number of nitrogens with two attached hydrogens (primary N) is 1. The van der Waals surface area contributed by atoms with E-state index in [2.05, 4.69) is 11.4 Å². The first-order valence-corrected chi connectivity index (χ1v) is 13.9. The van der Waals surface area contributed by atoms with Gasteiger partial charge in [-0.25, -0.2) is 8.78 Å². The number of amides is 2. The highest BCUT2D eigenvalue weighted by atomic mass is 19.3. The molecule has 0 radical (unpaired) electrons. The molecule has 39 heavy (non-hydrogen) atoms. The van der Waals surface area contributed by atoms with E-state index in [9.17, 15) is 23.6 Å².